The monoisotopic (exact) mass is 224 g/mol. The van der Waals surface area contributed by atoms with Gasteiger partial charge in [-0.25, -0.2) is 0 Å². The van der Waals surface area contributed by atoms with Crippen LogP contribution in [0.1, 0.15) is 45.4 Å². The van der Waals surface area contributed by atoms with Gasteiger partial charge in [-0.3, -0.25) is 4.79 Å². The minimum Gasteiger partial charge on any atom is -0.355 e. The standard InChI is InChI=1S/C13H24N2O/c1-10-4-2-3-5-11(10)8-15-13(16)9-14-12-6-7-12/h10-12,14H,2-9H2,1H3,(H,15,16). The van der Waals surface area contributed by atoms with E-state index in [1.165, 1.54) is 38.5 Å². The molecule has 0 aromatic rings. The van der Waals surface area contributed by atoms with Crippen LogP contribution in [0, 0.1) is 11.8 Å². The highest BCUT2D eigenvalue weighted by Crippen LogP contribution is 2.28. The summed E-state index contributed by atoms with van der Waals surface area (Å²) in [7, 11) is 0. The van der Waals surface area contributed by atoms with Crippen LogP contribution < -0.4 is 10.6 Å². The summed E-state index contributed by atoms with van der Waals surface area (Å²) >= 11 is 0. The summed E-state index contributed by atoms with van der Waals surface area (Å²) in [4.78, 5) is 11.6. The molecule has 2 rings (SSSR count). The second kappa shape index (κ2) is 5.67. The van der Waals surface area contributed by atoms with E-state index in [-0.39, 0.29) is 5.91 Å². The molecule has 2 aliphatic rings. The van der Waals surface area contributed by atoms with Crippen molar-refractivity contribution < 1.29 is 4.79 Å². The molecule has 0 saturated heterocycles. The number of amides is 1. The molecule has 2 saturated carbocycles. The van der Waals surface area contributed by atoms with E-state index in [9.17, 15) is 4.79 Å². The van der Waals surface area contributed by atoms with Crippen molar-refractivity contribution in [1.82, 2.24) is 10.6 Å². The zero-order valence-corrected chi connectivity index (χ0v) is 10.3. The van der Waals surface area contributed by atoms with Gasteiger partial charge in [-0.05, 0) is 31.1 Å². The topological polar surface area (TPSA) is 41.1 Å². The second-order valence-corrected chi connectivity index (χ2v) is 5.48. The lowest BCUT2D eigenvalue weighted by atomic mass is 9.80. The molecule has 0 aromatic heterocycles. The van der Waals surface area contributed by atoms with Gasteiger partial charge in [0.2, 0.25) is 5.91 Å². The molecular weight excluding hydrogens is 200 g/mol. The van der Waals surface area contributed by atoms with E-state index in [2.05, 4.69) is 17.6 Å². The van der Waals surface area contributed by atoms with E-state index < -0.39 is 0 Å². The third-order valence-electron chi connectivity index (χ3n) is 3.98. The molecule has 2 unspecified atom stereocenters. The normalized spacial score (nSPS) is 30.1. The van der Waals surface area contributed by atoms with Crippen molar-refractivity contribution in [2.24, 2.45) is 11.8 Å². The van der Waals surface area contributed by atoms with Gasteiger partial charge in [0.05, 0.1) is 6.54 Å². The fourth-order valence-corrected chi connectivity index (χ4v) is 2.53. The van der Waals surface area contributed by atoms with Crippen molar-refractivity contribution in [3.05, 3.63) is 0 Å². The maximum Gasteiger partial charge on any atom is 0.233 e. The van der Waals surface area contributed by atoms with Crippen LogP contribution in [0.4, 0.5) is 0 Å². The van der Waals surface area contributed by atoms with Gasteiger partial charge < -0.3 is 10.6 Å². The van der Waals surface area contributed by atoms with Crippen molar-refractivity contribution in [2.75, 3.05) is 13.1 Å². The lowest BCUT2D eigenvalue weighted by Crippen LogP contribution is -2.39. The van der Waals surface area contributed by atoms with Crippen LogP contribution in [0.15, 0.2) is 0 Å². The third-order valence-corrected chi connectivity index (χ3v) is 3.98. The molecule has 3 heteroatoms. The van der Waals surface area contributed by atoms with E-state index in [4.69, 9.17) is 0 Å². The van der Waals surface area contributed by atoms with Gasteiger partial charge in [0.25, 0.3) is 0 Å². The van der Waals surface area contributed by atoms with Gasteiger partial charge in [-0.2, -0.15) is 0 Å². The first-order valence-electron chi connectivity index (χ1n) is 6.76. The maximum absolute atomic E-state index is 11.6. The van der Waals surface area contributed by atoms with E-state index in [0.717, 1.165) is 12.5 Å². The van der Waals surface area contributed by atoms with Crippen LogP contribution in [0.2, 0.25) is 0 Å². The van der Waals surface area contributed by atoms with E-state index >= 15 is 0 Å². The highest BCUT2D eigenvalue weighted by atomic mass is 16.1. The van der Waals surface area contributed by atoms with Crippen molar-refractivity contribution in [2.45, 2.75) is 51.5 Å². The SMILES string of the molecule is CC1CCCCC1CNC(=O)CNC1CC1. The van der Waals surface area contributed by atoms with Crippen LogP contribution in [0.25, 0.3) is 0 Å². The Bertz CT molecular complexity index is 238. The number of hydrogen-bond acceptors (Lipinski definition) is 2. The Morgan fingerprint density at radius 2 is 1.94 bits per heavy atom. The van der Waals surface area contributed by atoms with Crippen molar-refractivity contribution in [3.8, 4) is 0 Å². The first kappa shape index (κ1) is 11.9. The van der Waals surface area contributed by atoms with Crippen LogP contribution in [0.3, 0.4) is 0 Å². The van der Waals surface area contributed by atoms with Gasteiger partial charge in [-0.15, -0.1) is 0 Å². The first-order chi connectivity index (χ1) is 7.75. The number of hydrogen-bond donors (Lipinski definition) is 2. The average Bonchev–Trinajstić information content (AvgIpc) is 3.09. The first-order valence-corrected chi connectivity index (χ1v) is 6.76. The van der Waals surface area contributed by atoms with E-state index in [1.807, 2.05) is 0 Å². The summed E-state index contributed by atoms with van der Waals surface area (Å²) in [5.41, 5.74) is 0. The molecule has 16 heavy (non-hydrogen) atoms. The fourth-order valence-electron chi connectivity index (χ4n) is 2.53. The Balaban J connectivity index is 1.59. The van der Waals surface area contributed by atoms with Crippen molar-refractivity contribution in [1.29, 1.82) is 0 Å². The predicted octanol–water partition coefficient (Wildman–Crippen LogP) is 1.68. The smallest absolute Gasteiger partial charge is 0.233 e. The van der Waals surface area contributed by atoms with Crippen LogP contribution in [-0.2, 0) is 4.79 Å². The fraction of sp³-hybridized carbons (Fsp3) is 0.923. The van der Waals surface area contributed by atoms with Gasteiger partial charge in [-0.1, -0.05) is 26.2 Å². The van der Waals surface area contributed by atoms with Crippen LogP contribution >= 0.6 is 0 Å². The zero-order valence-electron chi connectivity index (χ0n) is 10.3. The summed E-state index contributed by atoms with van der Waals surface area (Å²) in [5.74, 6) is 1.66. The minimum absolute atomic E-state index is 0.171. The maximum atomic E-state index is 11.6. The second-order valence-electron chi connectivity index (χ2n) is 5.48. The highest BCUT2D eigenvalue weighted by molar-refractivity contribution is 5.78. The van der Waals surface area contributed by atoms with E-state index in [0.29, 0.717) is 18.5 Å². The van der Waals surface area contributed by atoms with Crippen LogP contribution in [0.5, 0.6) is 0 Å². The molecule has 2 N–H and O–H groups in total. The summed E-state index contributed by atoms with van der Waals surface area (Å²) in [6.07, 6.45) is 7.82. The van der Waals surface area contributed by atoms with Crippen LogP contribution in [-0.4, -0.2) is 25.0 Å². The predicted molar refractivity (Wildman–Crippen MR) is 65.2 cm³/mol. The van der Waals surface area contributed by atoms with Gasteiger partial charge >= 0.3 is 0 Å². The summed E-state index contributed by atoms with van der Waals surface area (Å²) in [5, 5.41) is 6.31. The number of rotatable bonds is 5. The number of carbonyl (C=O) groups excluding carboxylic acids is 1. The molecule has 0 aliphatic heterocycles. The summed E-state index contributed by atoms with van der Waals surface area (Å²) in [6.45, 7) is 3.70. The molecule has 0 aromatic carbocycles. The Morgan fingerprint density at radius 3 is 2.62 bits per heavy atom. The summed E-state index contributed by atoms with van der Waals surface area (Å²) < 4.78 is 0. The Morgan fingerprint density at radius 1 is 1.19 bits per heavy atom. The Kier molecular flexibility index (Phi) is 4.22. The third kappa shape index (κ3) is 3.78. The Hall–Kier alpha value is -0.570. The number of nitrogens with one attached hydrogen (secondary N) is 2. The molecule has 3 nitrogen and oxygen atoms in total. The molecule has 2 atom stereocenters. The zero-order chi connectivity index (χ0) is 11.4. The lowest BCUT2D eigenvalue weighted by Gasteiger charge is -2.28. The minimum atomic E-state index is 0.171. The van der Waals surface area contributed by atoms with Crippen molar-refractivity contribution in [3.63, 3.8) is 0 Å². The molecule has 92 valence electrons. The number of carbonyl (C=O) groups is 1. The molecule has 2 aliphatic carbocycles. The summed E-state index contributed by atoms with van der Waals surface area (Å²) in [6, 6.07) is 0.624. The van der Waals surface area contributed by atoms with Gasteiger partial charge in [0.15, 0.2) is 0 Å². The molecule has 0 spiro atoms. The Labute approximate surface area is 98.4 Å². The quantitative estimate of drug-likeness (QED) is 0.746. The van der Waals surface area contributed by atoms with Gasteiger partial charge in [0, 0.05) is 12.6 Å². The molecular formula is C13H24N2O. The average molecular weight is 224 g/mol. The van der Waals surface area contributed by atoms with Crippen molar-refractivity contribution >= 4 is 5.91 Å². The molecule has 0 heterocycles. The molecule has 0 radical (unpaired) electrons. The molecule has 1 amide bonds. The lowest BCUT2D eigenvalue weighted by molar-refractivity contribution is -0.120. The largest absolute Gasteiger partial charge is 0.355 e. The van der Waals surface area contributed by atoms with Gasteiger partial charge in [0.1, 0.15) is 0 Å². The molecule has 2 fully saturated rings. The van der Waals surface area contributed by atoms with E-state index in [1.54, 1.807) is 0 Å². The highest BCUT2D eigenvalue weighted by Gasteiger charge is 2.23. The molecule has 0 bridgehead atoms.